The van der Waals surface area contributed by atoms with Gasteiger partial charge in [-0.05, 0) is 6.42 Å². The topological polar surface area (TPSA) is 94.5 Å². The van der Waals surface area contributed by atoms with Crippen LogP contribution in [0.5, 0.6) is 0 Å². The molecule has 0 saturated carbocycles. The lowest BCUT2D eigenvalue weighted by molar-refractivity contribution is -0.288. The number of carbonyl (C=O) groups excluding carboxylic acids is 1. The molecule has 2 N–H and O–H groups in total. The number of hydrogen-bond donors (Lipinski definition) is 2. The highest BCUT2D eigenvalue weighted by atomic mass is 31.0. The Balaban J connectivity index is 2.82. The van der Waals surface area contributed by atoms with Gasteiger partial charge in [0.25, 0.3) is 0 Å². The van der Waals surface area contributed by atoms with Gasteiger partial charge < -0.3 is 28.9 Å². The summed E-state index contributed by atoms with van der Waals surface area (Å²) in [5.41, 5.74) is 0. The predicted octanol–water partition coefficient (Wildman–Crippen LogP) is -0.0118. The van der Waals surface area contributed by atoms with Crippen LogP contribution in [-0.4, -0.2) is 60.1 Å². The number of aliphatic hydroxyl groups is 2. The standard InChI is InChI=1S/C12H23O7P/c1-3-4-5-16-11-10(17-7(2)14)9(15)8(6-13)18-12(11)19-20/h8-13,15H,3-6,20H2,1-2H3/t8-,9-,10+,11+,12-/m1/s1. The zero-order valence-electron chi connectivity index (χ0n) is 11.7. The predicted molar refractivity (Wildman–Crippen MR) is 72.8 cm³/mol. The minimum absolute atomic E-state index is 0.412. The minimum atomic E-state index is -1.17. The fourth-order valence-electron chi connectivity index (χ4n) is 2.02. The average Bonchev–Trinajstić information content (AvgIpc) is 2.42. The van der Waals surface area contributed by atoms with Gasteiger partial charge in [-0.15, -0.1) is 0 Å². The van der Waals surface area contributed by atoms with Gasteiger partial charge in [-0.1, -0.05) is 13.3 Å². The van der Waals surface area contributed by atoms with Crippen LogP contribution in [0.1, 0.15) is 26.7 Å². The Bertz CT molecular complexity index is 302. The molecular weight excluding hydrogens is 287 g/mol. The molecule has 20 heavy (non-hydrogen) atoms. The molecule has 118 valence electrons. The Kier molecular flexibility index (Phi) is 7.87. The highest BCUT2D eigenvalue weighted by molar-refractivity contribution is 7.09. The first-order chi connectivity index (χ1) is 9.54. The third-order valence-corrected chi connectivity index (χ3v) is 3.31. The van der Waals surface area contributed by atoms with Crippen molar-refractivity contribution in [2.45, 2.75) is 57.4 Å². The van der Waals surface area contributed by atoms with Crippen molar-refractivity contribution in [3.63, 3.8) is 0 Å². The van der Waals surface area contributed by atoms with E-state index in [0.29, 0.717) is 6.61 Å². The fraction of sp³-hybridized carbons (Fsp3) is 0.917. The van der Waals surface area contributed by atoms with E-state index >= 15 is 0 Å². The summed E-state index contributed by atoms with van der Waals surface area (Å²) in [4.78, 5) is 11.2. The van der Waals surface area contributed by atoms with Crippen LogP contribution in [0.2, 0.25) is 0 Å². The molecular formula is C12H23O7P. The van der Waals surface area contributed by atoms with Crippen LogP contribution in [0.25, 0.3) is 0 Å². The van der Waals surface area contributed by atoms with E-state index in [-0.39, 0.29) is 0 Å². The van der Waals surface area contributed by atoms with Gasteiger partial charge in [0, 0.05) is 23.0 Å². The number of carbonyl (C=O) groups is 1. The van der Waals surface area contributed by atoms with E-state index in [9.17, 15) is 15.0 Å². The summed E-state index contributed by atoms with van der Waals surface area (Å²) in [7, 11) is 2.05. The largest absolute Gasteiger partial charge is 0.457 e. The normalized spacial score (nSPS) is 34.0. The molecule has 0 bridgehead atoms. The van der Waals surface area contributed by atoms with Crippen molar-refractivity contribution >= 4 is 15.4 Å². The molecule has 0 amide bonds. The summed E-state index contributed by atoms with van der Waals surface area (Å²) >= 11 is 0. The van der Waals surface area contributed by atoms with Crippen molar-refractivity contribution < 1.29 is 33.7 Å². The number of ether oxygens (including phenoxy) is 3. The zero-order valence-corrected chi connectivity index (χ0v) is 12.9. The molecule has 1 fully saturated rings. The molecule has 1 unspecified atom stereocenters. The van der Waals surface area contributed by atoms with E-state index in [2.05, 4.69) is 0 Å². The lowest BCUT2D eigenvalue weighted by Crippen LogP contribution is -2.60. The minimum Gasteiger partial charge on any atom is -0.457 e. The van der Waals surface area contributed by atoms with Gasteiger partial charge in [-0.25, -0.2) is 0 Å². The van der Waals surface area contributed by atoms with E-state index in [1.165, 1.54) is 6.92 Å². The molecule has 0 aliphatic carbocycles. The van der Waals surface area contributed by atoms with Crippen molar-refractivity contribution in [3.05, 3.63) is 0 Å². The Morgan fingerprint density at radius 3 is 2.60 bits per heavy atom. The van der Waals surface area contributed by atoms with Gasteiger partial charge in [0.2, 0.25) is 0 Å². The van der Waals surface area contributed by atoms with Crippen LogP contribution in [0.4, 0.5) is 0 Å². The third kappa shape index (κ3) is 4.62. The summed E-state index contributed by atoms with van der Waals surface area (Å²) in [6.45, 7) is 3.29. The molecule has 6 atom stereocenters. The highest BCUT2D eigenvalue weighted by Crippen LogP contribution is 2.28. The molecule has 0 aromatic heterocycles. The van der Waals surface area contributed by atoms with E-state index in [4.69, 9.17) is 18.7 Å². The van der Waals surface area contributed by atoms with Gasteiger partial charge >= 0.3 is 5.97 Å². The lowest BCUT2D eigenvalue weighted by atomic mass is 9.99. The van der Waals surface area contributed by atoms with Gasteiger partial charge in [0.1, 0.15) is 18.3 Å². The molecule has 1 saturated heterocycles. The van der Waals surface area contributed by atoms with Crippen molar-refractivity contribution in [2.24, 2.45) is 0 Å². The maximum atomic E-state index is 11.2. The molecule has 0 spiro atoms. The molecule has 7 nitrogen and oxygen atoms in total. The maximum absolute atomic E-state index is 11.2. The first-order valence-electron chi connectivity index (χ1n) is 6.63. The second kappa shape index (κ2) is 8.87. The molecule has 0 radical (unpaired) electrons. The van der Waals surface area contributed by atoms with Crippen LogP contribution < -0.4 is 0 Å². The van der Waals surface area contributed by atoms with Crippen LogP contribution in [-0.2, 0) is 23.5 Å². The highest BCUT2D eigenvalue weighted by Gasteiger charge is 2.48. The quantitative estimate of drug-likeness (QED) is 0.388. The molecule has 1 rings (SSSR count). The van der Waals surface area contributed by atoms with Crippen LogP contribution in [0.3, 0.4) is 0 Å². The first-order valence-corrected chi connectivity index (χ1v) is 7.11. The second-order valence-electron chi connectivity index (χ2n) is 4.62. The number of rotatable bonds is 7. The van der Waals surface area contributed by atoms with E-state index in [0.717, 1.165) is 12.8 Å². The van der Waals surface area contributed by atoms with Gasteiger partial charge in [-0.3, -0.25) is 4.79 Å². The number of unbranched alkanes of at least 4 members (excludes halogenated alkanes) is 1. The smallest absolute Gasteiger partial charge is 0.303 e. The van der Waals surface area contributed by atoms with E-state index in [1.807, 2.05) is 16.4 Å². The molecule has 0 aromatic rings. The molecule has 1 heterocycles. The summed E-state index contributed by atoms with van der Waals surface area (Å²) < 4.78 is 21.2. The molecule has 8 heteroatoms. The van der Waals surface area contributed by atoms with Crippen molar-refractivity contribution in [1.29, 1.82) is 0 Å². The Hall–Kier alpha value is -0.300. The Morgan fingerprint density at radius 1 is 1.40 bits per heavy atom. The third-order valence-electron chi connectivity index (χ3n) is 3.04. The molecule has 1 aliphatic heterocycles. The molecule has 0 aromatic carbocycles. The summed E-state index contributed by atoms with van der Waals surface area (Å²) in [6.07, 6.45) is -2.84. The average molecular weight is 310 g/mol. The SMILES string of the molecule is CCCCO[C@@H]1[C@@H](OP)O[C@H](CO)[C@@H](O)[C@@H]1OC(C)=O. The Morgan fingerprint density at radius 2 is 2.10 bits per heavy atom. The van der Waals surface area contributed by atoms with Gasteiger partial charge in [-0.2, -0.15) is 0 Å². The van der Waals surface area contributed by atoms with E-state index in [1.54, 1.807) is 0 Å². The summed E-state index contributed by atoms with van der Waals surface area (Å²) in [5, 5.41) is 19.3. The van der Waals surface area contributed by atoms with Crippen molar-refractivity contribution in [2.75, 3.05) is 13.2 Å². The van der Waals surface area contributed by atoms with Crippen LogP contribution in [0, 0.1) is 0 Å². The van der Waals surface area contributed by atoms with Crippen molar-refractivity contribution in [1.82, 2.24) is 0 Å². The van der Waals surface area contributed by atoms with Gasteiger partial charge in [0.15, 0.2) is 12.4 Å². The summed E-state index contributed by atoms with van der Waals surface area (Å²) in [5.74, 6) is -0.542. The monoisotopic (exact) mass is 310 g/mol. The first kappa shape index (κ1) is 17.8. The fourth-order valence-corrected chi connectivity index (χ4v) is 2.24. The zero-order chi connectivity index (χ0) is 15.1. The lowest BCUT2D eigenvalue weighted by Gasteiger charge is -2.42. The van der Waals surface area contributed by atoms with Gasteiger partial charge in [0.05, 0.1) is 6.61 Å². The maximum Gasteiger partial charge on any atom is 0.303 e. The van der Waals surface area contributed by atoms with E-state index < -0.39 is 43.3 Å². The number of esters is 1. The summed E-state index contributed by atoms with van der Waals surface area (Å²) in [6, 6.07) is 0. The Labute approximate surface area is 120 Å². The second-order valence-corrected chi connectivity index (χ2v) is 4.89. The number of aliphatic hydroxyl groups excluding tert-OH is 2. The molecule has 1 aliphatic rings. The van der Waals surface area contributed by atoms with Crippen LogP contribution >= 0.6 is 9.47 Å². The van der Waals surface area contributed by atoms with Crippen LogP contribution in [0.15, 0.2) is 0 Å². The number of hydrogen-bond acceptors (Lipinski definition) is 7. The van der Waals surface area contributed by atoms with Crippen molar-refractivity contribution in [3.8, 4) is 0 Å².